The van der Waals surface area contributed by atoms with E-state index in [0.717, 1.165) is 12.8 Å². The maximum Gasteiger partial charge on any atom is 0.254 e. The molecule has 104 valence electrons. The fourth-order valence-electron chi connectivity index (χ4n) is 2.16. The molecule has 19 heavy (non-hydrogen) atoms. The minimum atomic E-state index is -0.688. The Morgan fingerprint density at radius 3 is 2.79 bits per heavy atom. The van der Waals surface area contributed by atoms with Gasteiger partial charge in [0, 0.05) is 0 Å². The molecule has 0 bridgehead atoms. The third-order valence-electron chi connectivity index (χ3n) is 3.63. The van der Waals surface area contributed by atoms with Crippen LogP contribution in [0.4, 0.5) is 4.39 Å². The fraction of sp³-hybridized carbons (Fsp3) is 0.500. The first-order valence-electron chi connectivity index (χ1n) is 6.27. The van der Waals surface area contributed by atoms with Crippen LogP contribution in [0.25, 0.3) is 0 Å². The summed E-state index contributed by atoms with van der Waals surface area (Å²) in [5.74, 6) is -0.918. The molecule has 4 nitrogen and oxygen atoms in total. The summed E-state index contributed by atoms with van der Waals surface area (Å²) >= 11 is 0. The zero-order valence-electron chi connectivity index (χ0n) is 11.1. The number of rotatable bonds is 5. The van der Waals surface area contributed by atoms with Crippen LogP contribution in [0, 0.1) is 11.7 Å². The van der Waals surface area contributed by atoms with Crippen molar-refractivity contribution in [3.8, 4) is 5.75 Å². The molecule has 1 fully saturated rings. The molecule has 1 aromatic carbocycles. The Morgan fingerprint density at radius 2 is 2.26 bits per heavy atom. The number of hydrogen-bond acceptors (Lipinski definition) is 3. The van der Waals surface area contributed by atoms with Gasteiger partial charge in [-0.2, -0.15) is 0 Å². The molecule has 1 saturated carbocycles. The number of carbonyl (C=O) groups is 1. The Bertz CT molecular complexity index is 488. The van der Waals surface area contributed by atoms with Gasteiger partial charge in [0.1, 0.15) is 0 Å². The quantitative estimate of drug-likeness (QED) is 0.854. The van der Waals surface area contributed by atoms with Gasteiger partial charge in [0.05, 0.1) is 24.8 Å². The van der Waals surface area contributed by atoms with Gasteiger partial charge < -0.3 is 15.2 Å². The number of aliphatic hydroxyl groups excluding tert-OH is 1. The van der Waals surface area contributed by atoms with Crippen molar-refractivity contribution >= 4 is 5.91 Å². The van der Waals surface area contributed by atoms with E-state index in [4.69, 9.17) is 4.74 Å². The van der Waals surface area contributed by atoms with Gasteiger partial charge in [0.15, 0.2) is 11.6 Å². The highest BCUT2D eigenvalue weighted by Gasteiger charge is 2.42. The molecule has 1 aliphatic carbocycles. The monoisotopic (exact) mass is 267 g/mol. The maximum absolute atomic E-state index is 14.0. The normalized spacial score (nSPS) is 17.7. The van der Waals surface area contributed by atoms with Gasteiger partial charge in [-0.25, -0.2) is 4.39 Å². The van der Waals surface area contributed by atoms with Crippen molar-refractivity contribution in [1.29, 1.82) is 0 Å². The van der Waals surface area contributed by atoms with Gasteiger partial charge in [0.2, 0.25) is 0 Å². The number of halogens is 1. The van der Waals surface area contributed by atoms with Crippen LogP contribution >= 0.6 is 0 Å². The predicted octanol–water partition coefficient (Wildman–Crippen LogP) is 1.73. The number of nitrogens with one attached hydrogen (secondary N) is 1. The van der Waals surface area contributed by atoms with E-state index in [9.17, 15) is 14.3 Å². The summed E-state index contributed by atoms with van der Waals surface area (Å²) in [4.78, 5) is 12.1. The van der Waals surface area contributed by atoms with Crippen LogP contribution in [-0.2, 0) is 0 Å². The largest absolute Gasteiger partial charge is 0.494 e. The van der Waals surface area contributed by atoms with Crippen molar-refractivity contribution in [2.45, 2.75) is 25.3 Å². The summed E-state index contributed by atoms with van der Waals surface area (Å²) in [6.07, 6.45) is 1.94. The van der Waals surface area contributed by atoms with E-state index in [2.05, 4.69) is 5.32 Å². The average molecular weight is 267 g/mol. The molecule has 0 aromatic heterocycles. The van der Waals surface area contributed by atoms with Crippen LogP contribution in [0.2, 0.25) is 0 Å². The lowest BCUT2D eigenvalue weighted by molar-refractivity contribution is 0.0820. The topological polar surface area (TPSA) is 58.6 Å². The molecule has 0 saturated heterocycles. The number of amides is 1. The second kappa shape index (κ2) is 5.17. The molecule has 1 aromatic rings. The van der Waals surface area contributed by atoms with E-state index in [1.807, 2.05) is 0 Å². The van der Waals surface area contributed by atoms with Gasteiger partial charge >= 0.3 is 0 Å². The fourth-order valence-corrected chi connectivity index (χ4v) is 2.16. The first kappa shape index (κ1) is 13.8. The minimum Gasteiger partial charge on any atom is -0.494 e. The van der Waals surface area contributed by atoms with Gasteiger partial charge in [-0.15, -0.1) is 0 Å². The second-order valence-electron chi connectivity index (χ2n) is 5.13. The van der Waals surface area contributed by atoms with Crippen LogP contribution < -0.4 is 10.1 Å². The molecule has 0 radical (unpaired) electrons. The summed E-state index contributed by atoms with van der Waals surface area (Å²) in [6, 6.07) is 4.42. The molecule has 0 aliphatic heterocycles. The highest BCUT2D eigenvalue weighted by molar-refractivity contribution is 5.95. The zero-order valence-corrected chi connectivity index (χ0v) is 11.1. The standard InChI is InChI=1S/C14H18FNO3/c1-14(8-17,9-6-7-9)16-13(18)10-4-3-5-11(19-2)12(10)15/h3-5,9,17H,6-8H2,1-2H3,(H,16,18). The Hall–Kier alpha value is -1.62. The van der Waals surface area contributed by atoms with Crippen molar-refractivity contribution in [2.75, 3.05) is 13.7 Å². The SMILES string of the molecule is COc1cccc(C(=O)NC(C)(CO)C2CC2)c1F. The molecule has 2 N–H and O–H groups in total. The number of methoxy groups -OCH3 is 1. The van der Waals surface area contributed by atoms with Gasteiger partial charge in [-0.3, -0.25) is 4.79 Å². The summed E-state index contributed by atoms with van der Waals surface area (Å²) in [6.45, 7) is 1.62. The van der Waals surface area contributed by atoms with Gasteiger partial charge in [-0.05, 0) is 37.8 Å². The zero-order chi connectivity index (χ0) is 14.0. The Morgan fingerprint density at radius 1 is 1.58 bits per heavy atom. The molecule has 0 spiro atoms. The molecule has 1 unspecified atom stereocenters. The van der Waals surface area contributed by atoms with Crippen LogP contribution in [0.5, 0.6) is 5.75 Å². The Balaban J connectivity index is 2.20. The van der Waals surface area contributed by atoms with Crippen molar-refractivity contribution in [2.24, 2.45) is 5.92 Å². The van der Waals surface area contributed by atoms with Gasteiger partial charge in [0.25, 0.3) is 5.91 Å². The minimum absolute atomic E-state index is 0.0322. The van der Waals surface area contributed by atoms with Crippen LogP contribution in [0.15, 0.2) is 18.2 Å². The lowest BCUT2D eigenvalue weighted by Crippen LogP contribution is -2.50. The highest BCUT2D eigenvalue weighted by atomic mass is 19.1. The summed E-state index contributed by atoms with van der Waals surface area (Å²) in [7, 11) is 1.35. The number of carbonyl (C=O) groups excluding carboxylic acids is 1. The molecule has 2 rings (SSSR count). The lowest BCUT2D eigenvalue weighted by atomic mass is 9.96. The van der Waals surface area contributed by atoms with Crippen molar-refractivity contribution in [3.63, 3.8) is 0 Å². The molecule has 1 atom stereocenters. The highest BCUT2D eigenvalue weighted by Crippen LogP contribution is 2.39. The van der Waals surface area contributed by atoms with E-state index in [1.165, 1.54) is 19.2 Å². The molecule has 1 aliphatic rings. The van der Waals surface area contributed by atoms with Crippen LogP contribution in [0.3, 0.4) is 0 Å². The van der Waals surface area contributed by atoms with E-state index in [-0.39, 0.29) is 23.8 Å². The summed E-state index contributed by atoms with van der Waals surface area (Å²) < 4.78 is 18.8. The molecular formula is C14H18FNO3. The third kappa shape index (κ3) is 2.71. The predicted molar refractivity (Wildman–Crippen MR) is 68.6 cm³/mol. The van der Waals surface area contributed by atoms with Crippen LogP contribution in [0.1, 0.15) is 30.1 Å². The Kier molecular flexibility index (Phi) is 3.75. The van der Waals surface area contributed by atoms with Crippen molar-refractivity contribution < 1.29 is 19.0 Å². The average Bonchev–Trinajstić information content (AvgIpc) is 3.23. The van der Waals surface area contributed by atoms with E-state index in [0.29, 0.717) is 0 Å². The molecule has 0 heterocycles. The van der Waals surface area contributed by atoms with Crippen LogP contribution in [-0.4, -0.2) is 30.3 Å². The first-order valence-corrected chi connectivity index (χ1v) is 6.27. The molecular weight excluding hydrogens is 249 g/mol. The van der Waals surface area contributed by atoms with E-state index < -0.39 is 17.3 Å². The van der Waals surface area contributed by atoms with E-state index in [1.54, 1.807) is 13.0 Å². The van der Waals surface area contributed by atoms with Crippen molar-refractivity contribution in [1.82, 2.24) is 5.32 Å². The maximum atomic E-state index is 14.0. The van der Waals surface area contributed by atoms with E-state index >= 15 is 0 Å². The number of aliphatic hydroxyl groups is 1. The number of hydrogen-bond donors (Lipinski definition) is 2. The lowest BCUT2D eigenvalue weighted by Gasteiger charge is -2.28. The molecule has 5 heteroatoms. The summed E-state index contributed by atoms with van der Waals surface area (Å²) in [5.41, 5.74) is -0.758. The second-order valence-corrected chi connectivity index (χ2v) is 5.13. The molecule has 1 amide bonds. The first-order chi connectivity index (χ1) is 9.01. The Labute approximate surface area is 111 Å². The number of ether oxygens (including phenoxy) is 1. The number of benzene rings is 1. The van der Waals surface area contributed by atoms with Crippen molar-refractivity contribution in [3.05, 3.63) is 29.6 Å². The summed E-state index contributed by atoms with van der Waals surface area (Å²) in [5, 5.41) is 12.2. The van der Waals surface area contributed by atoms with Gasteiger partial charge in [-0.1, -0.05) is 6.07 Å². The smallest absolute Gasteiger partial charge is 0.254 e. The third-order valence-corrected chi connectivity index (χ3v) is 3.63.